The van der Waals surface area contributed by atoms with E-state index in [2.05, 4.69) is 5.43 Å². The molecule has 16 heavy (non-hydrogen) atoms. The van der Waals surface area contributed by atoms with E-state index >= 15 is 0 Å². The van der Waals surface area contributed by atoms with Crippen LogP contribution in [0.2, 0.25) is 5.02 Å². The molecule has 0 bridgehead atoms. The molecule has 1 rings (SSSR count). The van der Waals surface area contributed by atoms with Gasteiger partial charge in [0, 0.05) is 17.2 Å². The van der Waals surface area contributed by atoms with Gasteiger partial charge in [-0.1, -0.05) is 18.5 Å². The van der Waals surface area contributed by atoms with Crippen molar-refractivity contribution in [3.63, 3.8) is 0 Å². The molecular weight excluding hydrogens is 231 g/mol. The van der Waals surface area contributed by atoms with E-state index in [1.165, 1.54) is 12.1 Å². The Labute approximate surface area is 99.7 Å². The third kappa shape index (κ3) is 3.72. The van der Waals surface area contributed by atoms with Gasteiger partial charge < -0.3 is 4.74 Å². The maximum atomic E-state index is 13.5. The Kier molecular flexibility index (Phi) is 5.69. The molecule has 0 amide bonds. The Balaban J connectivity index is 2.73. The number of nitrogens with two attached hydrogens (primary N) is 1. The molecule has 1 atom stereocenters. The Morgan fingerprint density at radius 1 is 1.56 bits per heavy atom. The number of nitrogens with one attached hydrogen (secondary N) is 1. The Bertz CT molecular complexity index is 336. The van der Waals surface area contributed by atoms with Gasteiger partial charge in [-0.25, -0.2) is 4.39 Å². The van der Waals surface area contributed by atoms with Crippen LogP contribution in [0.25, 0.3) is 0 Å². The minimum atomic E-state index is -0.384. The highest BCUT2D eigenvalue weighted by molar-refractivity contribution is 6.30. The molecule has 1 unspecified atom stereocenters. The van der Waals surface area contributed by atoms with Gasteiger partial charge in [0.05, 0.1) is 12.6 Å². The average Bonchev–Trinajstić information content (AvgIpc) is 2.28. The van der Waals surface area contributed by atoms with Crippen molar-refractivity contribution >= 4 is 11.6 Å². The van der Waals surface area contributed by atoms with E-state index in [-0.39, 0.29) is 11.9 Å². The van der Waals surface area contributed by atoms with E-state index in [1.54, 1.807) is 6.07 Å². The van der Waals surface area contributed by atoms with E-state index in [0.29, 0.717) is 23.8 Å². The maximum Gasteiger partial charge on any atom is 0.128 e. The van der Waals surface area contributed by atoms with Crippen molar-refractivity contribution in [2.45, 2.75) is 19.4 Å². The number of hydrogen-bond acceptors (Lipinski definition) is 3. The zero-order valence-corrected chi connectivity index (χ0v) is 9.93. The summed E-state index contributed by atoms with van der Waals surface area (Å²) >= 11 is 5.80. The monoisotopic (exact) mass is 246 g/mol. The molecule has 0 aliphatic heterocycles. The van der Waals surface area contributed by atoms with Crippen molar-refractivity contribution in [2.24, 2.45) is 5.84 Å². The highest BCUT2D eigenvalue weighted by Crippen LogP contribution is 2.21. The molecule has 0 fully saturated rings. The molecule has 0 aromatic heterocycles. The van der Waals surface area contributed by atoms with Crippen LogP contribution in [0.5, 0.6) is 0 Å². The molecular formula is C11H16ClFN2O. The molecule has 90 valence electrons. The lowest BCUT2D eigenvalue weighted by Gasteiger charge is -2.17. The summed E-state index contributed by atoms with van der Waals surface area (Å²) in [6, 6.07) is 3.99. The molecule has 1 aromatic rings. The molecule has 0 aliphatic rings. The summed E-state index contributed by atoms with van der Waals surface area (Å²) in [6.07, 6.45) is 0.912. The van der Waals surface area contributed by atoms with Crippen molar-refractivity contribution < 1.29 is 9.13 Å². The largest absolute Gasteiger partial charge is 0.379 e. The summed E-state index contributed by atoms with van der Waals surface area (Å²) in [4.78, 5) is 0. The van der Waals surface area contributed by atoms with Gasteiger partial charge in [-0.05, 0) is 24.6 Å². The molecule has 3 nitrogen and oxygen atoms in total. The molecule has 3 N–H and O–H groups in total. The average molecular weight is 247 g/mol. The van der Waals surface area contributed by atoms with Crippen molar-refractivity contribution in [1.29, 1.82) is 0 Å². The SMILES string of the molecule is CCCOCC(NN)c1cc(Cl)ccc1F. The fourth-order valence-corrected chi connectivity index (χ4v) is 1.54. The molecule has 5 heteroatoms. The Hall–Kier alpha value is -0.680. The van der Waals surface area contributed by atoms with Gasteiger partial charge in [-0.2, -0.15) is 0 Å². The van der Waals surface area contributed by atoms with Gasteiger partial charge >= 0.3 is 0 Å². The van der Waals surface area contributed by atoms with Gasteiger partial charge in [-0.15, -0.1) is 0 Å². The van der Waals surface area contributed by atoms with E-state index in [9.17, 15) is 4.39 Å². The predicted octanol–water partition coefficient (Wildman–Crippen LogP) is 2.41. The van der Waals surface area contributed by atoms with E-state index in [0.717, 1.165) is 6.42 Å². The number of ether oxygens (including phenoxy) is 1. The number of halogens is 2. The Morgan fingerprint density at radius 3 is 2.94 bits per heavy atom. The van der Waals surface area contributed by atoms with E-state index in [1.807, 2.05) is 6.92 Å². The van der Waals surface area contributed by atoms with Gasteiger partial charge in [0.2, 0.25) is 0 Å². The second-order valence-electron chi connectivity index (χ2n) is 3.46. The van der Waals surface area contributed by atoms with Crippen LogP contribution in [0, 0.1) is 5.82 Å². The lowest BCUT2D eigenvalue weighted by molar-refractivity contribution is 0.111. The van der Waals surface area contributed by atoms with Gasteiger partial charge in [0.25, 0.3) is 0 Å². The van der Waals surface area contributed by atoms with Crippen molar-refractivity contribution in [2.75, 3.05) is 13.2 Å². The quantitative estimate of drug-likeness (QED) is 0.460. The first kappa shape index (κ1) is 13.4. The van der Waals surface area contributed by atoms with Crippen LogP contribution in [0.1, 0.15) is 24.9 Å². The fraction of sp³-hybridized carbons (Fsp3) is 0.455. The molecule has 1 aromatic carbocycles. The highest BCUT2D eigenvalue weighted by Gasteiger charge is 2.14. The second kappa shape index (κ2) is 6.81. The van der Waals surface area contributed by atoms with Crippen LogP contribution in [0.4, 0.5) is 4.39 Å². The highest BCUT2D eigenvalue weighted by atomic mass is 35.5. The van der Waals surface area contributed by atoms with Crippen LogP contribution in [0.15, 0.2) is 18.2 Å². The maximum absolute atomic E-state index is 13.5. The van der Waals surface area contributed by atoms with E-state index < -0.39 is 0 Å². The molecule has 0 aliphatic carbocycles. The number of benzene rings is 1. The van der Waals surface area contributed by atoms with Crippen LogP contribution >= 0.6 is 11.6 Å². The lowest BCUT2D eigenvalue weighted by Crippen LogP contribution is -2.32. The first-order valence-corrected chi connectivity index (χ1v) is 5.55. The van der Waals surface area contributed by atoms with Gasteiger partial charge in [-0.3, -0.25) is 11.3 Å². The first-order chi connectivity index (χ1) is 7.69. The summed E-state index contributed by atoms with van der Waals surface area (Å²) in [6.45, 7) is 2.95. The Morgan fingerprint density at radius 2 is 2.31 bits per heavy atom. The third-order valence-electron chi connectivity index (χ3n) is 2.17. The van der Waals surface area contributed by atoms with Crippen molar-refractivity contribution in [1.82, 2.24) is 5.43 Å². The summed E-state index contributed by atoms with van der Waals surface area (Å²) in [7, 11) is 0. The second-order valence-corrected chi connectivity index (χ2v) is 3.90. The number of hydrazine groups is 1. The van der Waals surface area contributed by atoms with Gasteiger partial charge in [0.15, 0.2) is 0 Å². The zero-order valence-electron chi connectivity index (χ0n) is 9.17. The molecule has 0 saturated heterocycles. The molecule has 0 heterocycles. The van der Waals surface area contributed by atoms with Crippen molar-refractivity contribution in [3.8, 4) is 0 Å². The fourth-order valence-electron chi connectivity index (χ4n) is 1.35. The smallest absolute Gasteiger partial charge is 0.128 e. The van der Waals surface area contributed by atoms with Crippen LogP contribution < -0.4 is 11.3 Å². The van der Waals surface area contributed by atoms with Gasteiger partial charge in [0.1, 0.15) is 5.82 Å². The summed E-state index contributed by atoms with van der Waals surface area (Å²) in [5.74, 6) is 5.03. The standard InChI is InChI=1S/C11H16ClFN2O/c1-2-5-16-7-11(15-14)9-6-8(12)3-4-10(9)13/h3-4,6,11,15H,2,5,7,14H2,1H3. The van der Waals surface area contributed by atoms with Crippen LogP contribution in [0.3, 0.4) is 0 Å². The zero-order chi connectivity index (χ0) is 12.0. The molecule has 0 spiro atoms. The number of rotatable bonds is 6. The van der Waals surface area contributed by atoms with Crippen LogP contribution in [-0.2, 0) is 4.74 Å². The minimum Gasteiger partial charge on any atom is -0.379 e. The topological polar surface area (TPSA) is 47.3 Å². The normalized spacial score (nSPS) is 12.8. The number of hydrogen-bond donors (Lipinski definition) is 2. The van der Waals surface area contributed by atoms with Crippen LogP contribution in [-0.4, -0.2) is 13.2 Å². The third-order valence-corrected chi connectivity index (χ3v) is 2.40. The summed E-state index contributed by atoms with van der Waals surface area (Å²) in [5, 5.41) is 0.479. The predicted molar refractivity (Wildman–Crippen MR) is 62.6 cm³/mol. The summed E-state index contributed by atoms with van der Waals surface area (Å²) < 4.78 is 18.8. The molecule has 0 saturated carbocycles. The molecule has 0 radical (unpaired) electrons. The van der Waals surface area contributed by atoms with E-state index in [4.69, 9.17) is 22.2 Å². The minimum absolute atomic E-state index is 0.321. The van der Waals surface area contributed by atoms with Crippen molar-refractivity contribution in [3.05, 3.63) is 34.6 Å². The lowest BCUT2D eigenvalue weighted by atomic mass is 10.1. The summed E-state index contributed by atoms with van der Waals surface area (Å²) in [5.41, 5.74) is 2.94. The first-order valence-electron chi connectivity index (χ1n) is 5.17.